The standard InChI is InChI=1S/C13H17N5O/c1-18(2)12-4-3-9(5-11(12)14)13(19)16-7-10-6-15-8-17-10/h3-6,8H,7,14H2,1-2H3,(H,15,17)(H,16,19). The molecular weight excluding hydrogens is 242 g/mol. The Balaban J connectivity index is 2.05. The van der Waals surface area contributed by atoms with Crippen molar-refractivity contribution in [2.24, 2.45) is 0 Å². The van der Waals surface area contributed by atoms with Crippen molar-refractivity contribution in [3.8, 4) is 0 Å². The molecule has 1 aromatic heterocycles. The van der Waals surface area contributed by atoms with Gasteiger partial charge in [-0.1, -0.05) is 0 Å². The van der Waals surface area contributed by atoms with E-state index in [-0.39, 0.29) is 5.91 Å². The van der Waals surface area contributed by atoms with Crippen LogP contribution in [0.3, 0.4) is 0 Å². The molecule has 1 amide bonds. The largest absolute Gasteiger partial charge is 0.397 e. The number of carbonyl (C=O) groups is 1. The molecule has 2 rings (SSSR count). The molecule has 0 aliphatic carbocycles. The number of benzene rings is 1. The molecule has 0 atom stereocenters. The lowest BCUT2D eigenvalue weighted by Gasteiger charge is -2.15. The first kappa shape index (κ1) is 12.9. The van der Waals surface area contributed by atoms with Crippen molar-refractivity contribution in [2.45, 2.75) is 6.54 Å². The van der Waals surface area contributed by atoms with Crippen LogP contribution in [0.2, 0.25) is 0 Å². The smallest absolute Gasteiger partial charge is 0.251 e. The lowest BCUT2D eigenvalue weighted by Crippen LogP contribution is -2.23. The molecule has 6 heteroatoms. The summed E-state index contributed by atoms with van der Waals surface area (Å²) in [7, 11) is 3.81. The quantitative estimate of drug-likeness (QED) is 0.714. The molecule has 0 bridgehead atoms. The molecule has 4 N–H and O–H groups in total. The molecule has 1 heterocycles. The summed E-state index contributed by atoms with van der Waals surface area (Å²) in [6, 6.07) is 5.27. The first-order valence-corrected chi connectivity index (χ1v) is 5.90. The molecule has 0 spiro atoms. The van der Waals surface area contributed by atoms with Crippen molar-refractivity contribution in [3.63, 3.8) is 0 Å². The van der Waals surface area contributed by atoms with Crippen LogP contribution in [0.25, 0.3) is 0 Å². The van der Waals surface area contributed by atoms with Gasteiger partial charge in [0.05, 0.1) is 29.9 Å². The lowest BCUT2D eigenvalue weighted by molar-refractivity contribution is 0.0950. The molecule has 1 aromatic carbocycles. The van der Waals surface area contributed by atoms with Crippen LogP contribution >= 0.6 is 0 Å². The number of nitrogens with one attached hydrogen (secondary N) is 2. The predicted molar refractivity (Wildman–Crippen MR) is 74.9 cm³/mol. The highest BCUT2D eigenvalue weighted by molar-refractivity contribution is 5.96. The van der Waals surface area contributed by atoms with Crippen molar-refractivity contribution in [1.29, 1.82) is 0 Å². The van der Waals surface area contributed by atoms with Gasteiger partial charge in [-0.25, -0.2) is 4.98 Å². The Morgan fingerprint density at radius 3 is 2.84 bits per heavy atom. The third-order valence-corrected chi connectivity index (χ3v) is 2.77. The Morgan fingerprint density at radius 1 is 1.47 bits per heavy atom. The maximum Gasteiger partial charge on any atom is 0.251 e. The zero-order chi connectivity index (χ0) is 13.8. The summed E-state index contributed by atoms with van der Waals surface area (Å²) in [5.74, 6) is -0.161. The Morgan fingerprint density at radius 2 is 2.26 bits per heavy atom. The zero-order valence-corrected chi connectivity index (χ0v) is 11.0. The number of anilines is 2. The van der Waals surface area contributed by atoms with E-state index in [0.29, 0.717) is 17.8 Å². The van der Waals surface area contributed by atoms with E-state index in [2.05, 4.69) is 15.3 Å². The van der Waals surface area contributed by atoms with Crippen LogP contribution < -0.4 is 16.0 Å². The number of hydrogen-bond acceptors (Lipinski definition) is 4. The molecule has 19 heavy (non-hydrogen) atoms. The van der Waals surface area contributed by atoms with E-state index in [1.807, 2.05) is 25.1 Å². The van der Waals surface area contributed by atoms with Crippen molar-refractivity contribution in [2.75, 3.05) is 24.7 Å². The van der Waals surface area contributed by atoms with Gasteiger partial charge in [-0.3, -0.25) is 4.79 Å². The van der Waals surface area contributed by atoms with E-state index >= 15 is 0 Å². The number of aromatic nitrogens is 2. The number of rotatable bonds is 4. The maximum atomic E-state index is 12.0. The average Bonchev–Trinajstić information content (AvgIpc) is 2.88. The molecule has 0 radical (unpaired) electrons. The predicted octanol–water partition coefficient (Wildman–Crippen LogP) is 0.988. The fraction of sp³-hybridized carbons (Fsp3) is 0.231. The molecule has 0 fully saturated rings. The molecule has 100 valence electrons. The van der Waals surface area contributed by atoms with Gasteiger partial charge >= 0.3 is 0 Å². The van der Waals surface area contributed by atoms with Crippen LogP contribution in [0.15, 0.2) is 30.7 Å². The van der Waals surface area contributed by atoms with Crippen molar-refractivity contribution in [3.05, 3.63) is 42.0 Å². The third-order valence-electron chi connectivity index (χ3n) is 2.77. The summed E-state index contributed by atoms with van der Waals surface area (Å²) in [5.41, 5.74) is 8.79. The fourth-order valence-electron chi connectivity index (χ4n) is 1.76. The number of nitrogens with two attached hydrogens (primary N) is 1. The van der Waals surface area contributed by atoms with Gasteiger partial charge in [0.2, 0.25) is 0 Å². The Bertz CT molecular complexity index is 562. The van der Waals surface area contributed by atoms with Gasteiger partial charge in [0.25, 0.3) is 5.91 Å². The third kappa shape index (κ3) is 3.04. The number of H-pyrrole nitrogens is 1. The van der Waals surface area contributed by atoms with Crippen molar-refractivity contribution < 1.29 is 4.79 Å². The number of aromatic amines is 1. The van der Waals surface area contributed by atoms with Crippen LogP contribution in [0, 0.1) is 0 Å². The van der Waals surface area contributed by atoms with Crippen molar-refractivity contribution >= 4 is 17.3 Å². The topological polar surface area (TPSA) is 87.0 Å². The van der Waals surface area contributed by atoms with Crippen LogP contribution in [0.5, 0.6) is 0 Å². The van der Waals surface area contributed by atoms with E-state index in [9.17, 15) is 4.79 Å². The van der Waals surface area contributed by atoms with Crippen LogP contribution in [-0.4, -0.2) is 30.0 Å². The first-order valence-electron chi connectivity index (χ1n) is 5.90. The maximum absolute atomic E-state index is 12.0. The second kappa shape index (κ2) is 5.43. The van der Waals surface area contributed by atoms with Crippen LogP contribution in [0.1, 0.15) is 16.1 Å². The summed E-state index contributed by atoms with van der Waals surface area (Å²) < 4.78 is 0. The summed E-state index contributed by atoms with van der Waals surface area (Å²) in [6.45, 7) is 0.411. The summed E-state index contributed by atoms with van der Waals surface area (Å²) in [6.07, 6.45) is 3.25. The van der Waals surface area contributed by atoms with Gasteiger partial charge in [-0.05, 0) is 18.2 Å². The molecule has 6 nitrogen and oxygen atoms in total. The van der Waals surface area contributed by atoms with Gasteiger partial charge in [-0.2, -0.15) is 0 Å². The van der Waals surface area contributed by atoms with Crippen LogP contribution in [-0.2, 0) is 6.54 Å². The number of nitrogen functional groups attached to an aromatic ring is 1. The van der Waals surface area contributed by atoms with Gasteiger partial charge < -0.3 is 20.9 Å². The van der Waals surface area contributed by atoms with Crippen LogP contribution in [0.4, 0.5) is 11.4 Å². The Labute approximate surface area is 111 Å². The minimum Gasteiger partial charge on any atom is -0.397 e. The highest BCUT2D eigenvalue weighted by Gasteiger charge is 2.09. The minimum absolute atomic E-state index is 0.161. The second-order valence-electron chi connectivity index (χ2n) is 4.43. The number of imidazole rings is 1. The van der Waals surface area contributed by atoms with Crippen molar-refractivity contribution in [1.82, 2.24) is 15.3 Å². The van der Waals surface area contributed by atoms with E-state index in [4.69, 9.17) is 5.73 Å². The summed E-state index contributed by atoms with van der Waals surface area (Å²) in [5, 5.41) is 2.80. The molecule has 2 aromatic rings. The van der Waals surface area contributed by atoms with E-state index in [1.165, 1.54) is 0 Å². The monoisotopic (exact) mass is 259 g/mol. The molecular formula is C13H17N5O. The number of carbonyl (C=O) groups excluding carboxylic acids is 1. The van der Waals surface area contributed by atoms with Gasteiger partial charge in [0, 0.05) is 25.9 Å². The lowest BCUT2D eigenvalue weighted by atomic mass is 10.1. The van der Waals surface area contributed by atoms with E-state index < -0.39 is 0 Å². The van der Waals surface area contributed by atoms with E-state index in [1.54, 1.807) is 24.7 Å². The number of nitrogens with zero attached hydrogens (tertiary/aromatic N) is 2. The van der Waals surface area contributed by atoms with Gasteiger partial charge in [0.1, 0.15) is 0 Å². The fourth-order valence-corrected chi connectivity index (χ4v) is 1.76. The Kier molecular flexibility index (Phi) is 3.70. The number of hydrogen-bond donors (Lipinski definition) is 3. The summed E-state index contributed by atoms with van der Waals surface area (Å²) >= 11 is 0. The molecule has 0 saturated heterocycles. The second-order valence-corrected chi connectivity index (χ2v) is 4.43. The molecule has 0 unspecified atom stereocenters. The minimum atomic E-state index is -0.161. The molecule has 0 saturated carbocycles. The van der Waals surface area contributed by atoms with Gasteiger partial charge in [-0.15, -0.1) is 0 Å². The zero-order valence-electron chi connectivity index (χ0n) is 11.0. The SMILES string of the molecule is CN(C)c1ccc(C(=O)NCc2cnc[nH]2)cc1N. The summed E-state index contributed by atoms with van der Waals surface area (Å²) in [4.78, 5) is 20.7. The average molecular weight is 259 g/mol. The van der Waals surface area contributed by atoms with E-state index in [0.717, 1.165) is 11.4 Å². The molecule has 0 aliphatic heterocycles. The number of amides is 1. The molecule has 0 aliphatic rings. The van der Waals surface area contributed by atoms with Gasteiger partial charge in [0.15, 0.2) is 0 Å². The highest BCUT2D eigenvalue weighted by Crippen LogP contribution is 2.22. The highest BCUT2D eigenvalue weighted by atomic mass is 16.1. The first-order chi connectivity index (χ1) is 9.08. The normalized spacial score (nSPS) is 10.2. The Hall–Kier alpha value is -2.50.